The van der Waals surface area contributed by atoms with E-state index < -0.39 is 72.3 Å². The summed E-state index contributed by atoms with van der Waals surface area (Å²) < 4.78 is 47.7. The van der Waals surface area contributed by atoms with Crippen LogP contribution in [0.25, 0.3) is 0 Å². The normalized spacial score (nSPS) is 15.1. The zero-order valence-electron chi connectivity index (χ0n) is 37.6. The molecule has 0 spiro atoms. The Hall–Kier alpha value is -2.48. The van der Waals surface area contributed by atoms with Gasteiger partial charge in [0.15, 0.2) is 6.10 Å². The van der Waals surface area contributed by atoms with E-state index in [4.69, 9.17) is 23.8 Å². The predicted octanol–water partition coefficient (Wildman–Crippen LogP) is 10.8. The molecule has 0 aromatic rings. The minimum Gasteiger partial charge on any atom is -0.462 e. The third kappa shape index (κ3) is 44.1. The molecule has 0 amide bonds. The lowest BCUT2D eigenvalue weighted by atomic mass is 10.1. The third-order valence-electron chi connectivity index (χ3n) is 9.16. The number of ether oxygens (including phenoxy) is 2. The second-order valence-corrected chi connectivity index (χ2v) is 17.9. The largest absolute Gasteiger partial charge is 0.472 e. The van der Waals surface area contributed by atoms with Gasteiger partial charge in [-0.1, -0.05) is 151 Å². The van der Waals surface area contributed by atoms with E-state index in [-0.39, 0.29) is 12.8 Å². The number of phosphoric acid groups is 2. The molecule has 0 heterocycles. The molecule has 5 N–H and O–H groups in total. The van der Waals surface area contributed by atoms with E-state index in [2.05, 4.69) is 47.2 Å². The van der Waals surface area contributed by atoms with Gasteiger partial charge in [0, 0.05) is 12.8 Å². The molecule has 0 bridgehead atoms. The lowest BCUT2D eigenvalue weighted by Gasteiger charge is -2.20. The van der Waals surface area contributed by atoms with Crippen molar-refractivity contribution < 1.29 is 66.7 Å². The minimum atomic E-state index is -4.88. The fraction of sp³-hybridized carbons (Fsp3) is 0.696. The Labute approximate surface area is 372 Å². The highest BCUT2D eigenvalue weighted by atomic mass is 31.2. The zero-order valence-corrected chi connectivity index (χ0v) is 39.3. The van der Waals surface area contributed by atoms with Crippen molar-refractivity contribution in [3.8, 4) is 0 Å². The molecule has 4 atom stereocenters. The van der Waals surface area contributed by atoms with Crippen LogP contribution in [0.1, 0.15) is 162 Å². The Kier molecular flexibility index (Phi) is 39.6. The number of esters is 2. The van der Waals surface area contributed by atoms with E-state index in [1.807, 2.05) is 42.5 Å². The maximum Gasteiger partial charge on any atom is 0.472 e. The van der Waals surface area contributed by atoms with Crippen molar-refractivity contribution >= 4 is 27.6 Å². The molecule has 1 unspecified atom stereocenters. The SMILES string of the molecule is CCCCC/C=C\C/C=C\CCCCCCCCCC(=O)O[C@H](COC(=O)CCC/C=C\C/C=C\C/C=C\C=C\[C@H](O)CCCCC)COP(=O)(O)OC[C@@H](O)COP(=O)(O)O. The van der Waals surface area contributed by atoms with Crippen molar-refractivity contribution in [2.75, 3.05) is 26.4 Å². The van der Waals surface area contributed by atoms with Gasteiger partial charge in [0.25, 0.3) is 0 Å². The summed E-state index contributed by atoms with van der Waals surface area (Å²) in [4.78, 5) is 52.7. The van der Waals surface area contributed by atoms with Gasteiger partial charge in [-0.25, -0.2) is 9.13 Å². The zero-order chi connectivity index (χ0) is 46.0. The van der Waals surface area contributed by atoms with Crippen molar-refractivity contribution in [3.05, 3.63) is 72.9 Å². The molecular formula is C46H80O14P2. The topological polar surface area (TPSA) is 216 Å². The third-order valence-corrected chi connectivity index (χ3v) is 10.6. The average molecular weight is 919 g/mol. The smallest absolute Gasteiger partial charge is 0.462 e. The van der Waals surface area contributed by atoms with Crippen LogP contribution in [0, 0.1) is 0 Å². The molecule has 0 aliphatic heterocycles. The molecule has 0 aliphatic rings. The van der Waals surface area contributed by atoms with Gasteiger partial charge in [0.2, 0.25) is 0 Å². The molecule has 358 valence electrons. The van der Waals surface area contributed by atoms with E-state index in [9.17, 15) is 33.8 Å². The van der Waals surface area contributed by atoms with Gasteiger partial charge < -0.3 is 34.4 Å². The van der Waals surface area contributed by atoms with Crippen molar-refractivity contribution in [3.63, 3.8) is 0 Å². The molecule has 0 radical (unpaired) electrons. The second-order valence-electron chi connectivity index (χ2n) is 15.2. The van der Waals surface area contributed by atoms with Gasteiger partial charge in [-0.05, 0) is 70.6 Å². The lowest BCUT2D eigenvalue weighted by molar-refractivity contribution is -0.161. The summed E-state index contributed by atoms with van der Waals surface area (Å²) in [5, 5.41) is 19.7. The Morgan fingerprint density at radius 1 is 0.532 bits per heavy atom. The highest BCUT2D eigenvalue weighted by Gasteiger charge is 2.28. The minimum absolute atomic E-state index is 0.0943. The summed E-state index contributed by atoms with van der Waals surface area (Å²) in [6.07, 6.45) is 42.2. The van der Waals surface area contributed by atoms with Gasteiger partial charge in [0.1, 0.15) is 12.7 Å². The molecule has 0 aromatic heterocycles. The predicted molar refractivity (Wildman–Crippen MR) is 245 cm³/mol. The number of hydrogen-bond donors (Lipinski definition) is 5. The maximum absolute atomic E-state index is 12.7. The molecule has 62 heavy (non-hydrogen) atoms. The van der Waals surface area contributed by atoms with Gasteiger partial charge in [-0.2, -0.15) is 0 Å². The van der Waals surface area contributed by atoms with Gasteiger partial charge >= 0.3 is 27.6 Å². The number of hydrogen-bond acceptors (Lipinski definition) is 11. The van der Waals surface area contributed by atoms with Gasteiger partial charge in [-0.3, -0.25) is 23.2 Å². The Bertz CT molecular complexity index is 1390. The van der Waals surface area contributed by atoms with Crippen LogP contribution in [0.5, 0.6) is 0 Å². The fourth-order valence-corrected chi connectivity index (χ4v) is 6.81. The monoisotopic (exact) mass is 919 g/mol. The number of aliphatic hydroxyl groups is 2. The lowest BCUT2D eigenvalue weighted by Crippen LogP contribution is -2.30. The Morgan fingerprint density at radius 2 is 1.03 bits per heavy atom. The molecule has 0 aliphatic carbocycles. The first-order valence-electron chi connectivity index (χ1n) is 22.7. The van der Waals surface area contributed by atoms with Crippen LogP contribution in [0.3, 0.4) is 0 Å². The number of unbranched alkanes of at least 4 members (excludes halogenated alkanes) is 13. The maximum atomic E-state index is 12.7. The van der Waals surface area contributed by atoms with Gasteiger partial charge in [0.05, 0.1) is 25.9 Å². The van der Waals surface area contributed by atoms with E-state index >= 15 is 0 Å². The number of allylic oxidation sites excluding steroid dienone is 11. The van der Waals surface area contributed by atoms with Crippen LogP contribution in [0.15, 0.2) is 72.9 Å². The number of carbonyl (C=O) groups excluding carboxylic acids is 2. The van der Waals surface area contributed by atoms with E-state index in [0.29, 0.717) is 19.3 Å². The summed E-state index contributed by atoms with van der Waals surface area (Å²) in [7, 11) is -9.71. The van der Waals surface area contributed by atoms with E-state index in [0.717, 1.165) is 96.3 Å². The van der Waals surface area contributed by atoms with Gasteiger partial charge in [-0.15, -0.1) is 0 Å². The molecule has 14 nitrogen and oxygen atoms in total. The van der Waals surface area contributed by atoms with Crippen molar-refractivity contribution in [1.82, 2.24) is 0 Å². The summed E-state index contributed by atoms with van der Waals surface area (Å²) in [6, 6.07) is 0. The number of aliphatic hydroxyl groups excluding tert-OH is 2. The summed E-state index contributed by atoms with van der Waals surface area (Å²) in [5.41, 5.74) is 0. The molecule has 0 saturated heterocycles. The summed E-state index contributed by atoms with van der Waals surface area (Å²) in [5.74, 6) is -1.14. The first kappa shape index (κ1) is 59.5. The molecule has 16 heteroatoms. The second kappa shape index (κ2) is 41.2. The first-order chi connectivity index (χ1) is 29.8. The van der Waals surface area contributed by atoms with E-state index in [1.54, 1.807) is 6.08 Å². The van der Waals surface area contributed by atoms with E-state index in [1.165, 1.54) is 19.3 Å². The van der Waals surface area contributed by atoms with Crippen molar-refractivity contribution in [2.24, 2.45) is 0 Å². The molecule has 0 saturated carbocycles. The molecule has 0 aromatic carbocycles. The molecule has 0 rings (SSSR count). The Morgan fingerprint density at radius 3 is 1.66 bits per heavy atom. The van der Waals surface area contributed by atoms with Crippen LogP contribution < -0.4 is 0 Å². The van der Waals surface area contributed by atoms with Crippen LogP contribution in [0.4, 0.5) is 0 Å². The van der Waals surface area contributed by atoms with Crippen molar-refractivity contribution in [1.29, 1.82) is 0 Å². The number of phosphoric ester groups is 2. The first-order valence-corrected chi connectivity index (χ1v) is 25.8. The quantitative estimate of drug-likeness (QED) is 0.0127. The number of carbonyl (C=O) groups is 2. The molecular weight excluding hydrogens is 838 g/mol. The van der Waals surface area contributed by atoms with Crippen LogP contribution in [-0.4, -0.2) is 81.6 Å². The standard InChI is InChI=1S/C46H80O14P2/c1-3-5-7-8-9-10-11-12-13-14-15-16-19-23-26-29-33-37-46(50)60-44(41-59-62(54,55)58-39-43(48)38-57-61(51,52)53)40-56-45(49)36-32-28-25-22-20-17-18-21-24-27-31-35-42(47)34-30-6-4-2/h9-10,12-13,17-18,22,24-25,27,31,35,42-44,47-48H,3-8,11,14-16,19-21,23,26,28-30,32-34,36-41H2,1-2H3,(H,54,55)(H2,51,52,53)/b10-9-,13-12-,18-17-,25-22-,27-24-,35-31+/t42-,43+,44-/m1/s1. The highest BCUT2D eigenvalue weighted by molar-refractivity contribution is 7.47. The van der Waals surface area contributed by atoms with Crippen LogP contribution in [0.2, 0.25) is 0 Å². The van der Waals surface area contributed by atoms with Crippen LogP contribution >= 0.6 is 15.6 Å². The van der Waals surface area contributed by atoms with Crippen molar-refractivity contribution in [2.45, 2.75) is 180 Å². The summed E-state index contributed by atoms with van der Waals surface area (Å²) >= 11 is 0. The van der Waals surface area contributed by atoms with Crippen LogP contribution in [-0.2, 0) is 41.8 Å². The molecule has 0 fully saturated rings. The summed E-state index contributed by atoms with van der Waals surface area (Å²) in [6.45, 7) is 1.52. The average Bonchev–Trinajstić information content (AvgIpc) is 3.23. The number of rotatable bonds is 42. The Balaban J connectivity index is 4.64. The fourth-order valence-electron chi connectivity index (χ4n) is 5.66. The highest BCUT2D eigenvalue weighted by Crippen LogP contribution is 2.43.